The van der Waals surface area contributed by atoms with Gasteiger partial charge in [-0.1, -0.05) is 18.2 Å². The summed E-state index contributed by atoms with van der Waals surface area (Å²) in [5.74, 6) is 0. The maximum atomic E-state index is 8.16. The van der Waals surface area contributed by atoms with Gasteiger partial charge in [-0.3, -0.25) is 0 Å². The zero-order chi connectivity index (χ0) is 5.82. The van der Waals surface area contributed by atoms with E-state index < -0.39 is 0 Å². The van der Waals surface area contributed by atoms with Gasteiger partial charge >= 0.3 is 51.4 Å². The topological polar surface area (TPSA) is 34.7 Å². The van der Waals surface area contributed by atoms with Crippen molar-refractivity contribution < 1.29 is 51.4 Å². The molecule has 0 aliphatic rings. The Morgan fingerprint density at radius 3 is 1.90 bits per heavy atom. The molecule has 1 aromatic rings. The van der Waals surface area contributed by atoms with E-state index in [2.05, 4.69) is 5.11 Å². The molecule has 0 aromatic heterocycles. The zero-order valence-electron chi connectivity index (χ0n) is 6.28. The standard InChI is InChI=1S/C6H5N2.CH3.K/c7-8-6-4-2-1-3-5-6;;/h1-5H;1H3;/q2*-1;+1. The summed E-state index contributed by atoms with van der Waals surface area (Å²) in [5.41, 5.74) is 8.75. The Labute approximate surface area is 104 Å². The summed E-state index contributed by atoms with van der Waals surface area (Å²) in [7, 11) is 0. The van der Waals surface area contributed by atoms with Crippen LogP contribution in [-0.2, 0) is 0 Å². The first-order valence-electron chi connectivity index (χ1n) is 2.33. The van der Waals surface area contributed by atoms with Gasteiger partial charge in [-0.2, -0.15) is 0 Å². The van der Waals surface area contributed by atoms with Crippen LogP contribution in [0, 0.1) is 7.43 Å². The second-order valence-electron chi connectivity index (χ2n) is 1.44. The smallest absolute Gasteiger partial charge is 0.706 e. The molecule has 0 amide bonds. The van der Waals surface area contributed by atoms with Gasteiger partial charge in [0.25, 0.3) is 0 Å². The van der Waals surface area contributed by atoms with Gasteiger partial charge in [0.15, 0.2) is 0 Å². The van der Waals surface area contributed by atoms with Crippen molar-refractivity contribution in [2.45, 2.75) is 0 Å². The van der Waals surface area contributed by atoms with E-state index in [0.717, 1.165) is 0 Å². The summed E-state index contributed by atoms with van der Waals surface area (Å²) in [4.78, 5) is 0. The van der Waals surface area contributed by atoms with Gasteiger partial charge in [0, 0.05) is 5.69 Å². The summed E-state index contributed by atoms with van der Waals surface area (Å²) >= 11 is 0. The van der Waals surface area contributed by atoms with E-state index in [0.29, 0.717) is 5.69 Å². The number of benzene rings is 1. The minimum atomic E-state index is 0. The summed E-state index contributed by atoms with van der Waals surface area (Å²) in [6.07, 6.45) is 0. The Hall–Kier alpha value is 0.456. The first kappa shape index (κ1) is 13.1. The van der Waals surface area contributed by atoms with E-state index in [-0.39, 0.29) is 58.8 Å². The third kappa shape index (κ3) is 4.30. The second kappa shape index (κ2) is 7.56. The molecule has 0 N–H and O–H groups in total. The molecular formula is C7H8KN2-. The van der Waals surface area contributed by atoms with E-state index in [1.165, 1.54) is 0 Å². The molecule has 1 aromatic carbocycles. The van der Waals surface area contributed by atoms with Crippen LogP contribution >= 0.6 is 0 Å². The van der Waals surface area contributed by atoms with Crippen LogP contribution in [0.15, 0.2) is 35.4 Å². The largest absolute Gasteiger partial charge is 1.00 e. The Kier molecular flexibility index (Phi) is 9.89. The molecule has 0 bridgehead atoms. The van der Waals surface area contributed by atoms with Crippen molar-refractivity contribution in [1.29, 1.82) is 0 Å². The molecule has 0 fully saturated rings. The average molecular weight is 159 g/mol. The first-order chi connectivity index (χ1) is 3.93. The SMILES string of the molecule is [CH3-].[K+].[N-]=Nc1ccccc1. The normalized spacial score (nSPS) is 6.80. The molecule has 10 heavy (non-hydrogen) atoms. The first-order valence-corrected chi connectivity index (χ1v) is 2.33. The molecule has 0 aliphatic heterocycles. The molecule has 0 heterocycles. The Balaban J connectivity index is 0. The van der Waals surface area contributed by atoms with Crippen LogP contribution in [0.4, 0.5) is 5.69 Å². The quantitative estimate of drug-likeness (QED) is 0.309. The third-order valence-electron chi connectivity index (χ3n) is 0.872. The fraction of sp³-hybridized carbons (Fsp3) is 0. The summed E-state index contributed by atoms with van der Waals surface area (Å²) < 4.78 is 0. The fourth-order valence-electron chi connectivity index (χ4n) is 0.495. The van der Waals surface area contributed by atoms with E-state index in [1.54, 1.807) is 12.1 Å². The molecule has 0 unspecified atom stereocenters. The Morgan fingerprint density at radius 1 is 1.10 bits per heavy atom. The molecule has 48 valence electrons. The average Bonchev–Trinajstić information content (AvgIpc) is 1.90. The predicted octanol–water partition coefficient (Wildman–Crippen LogP) is -0.206. The molecule has 0 aliphatic carbocycles. The fourth-order valence-corrected chi connectivity index (χ4v) is 0.495. The third-order valence-corrected chi connectivity index (χ3v) is 0.872. The molecule has 0 saturated carbocycles. The van der Waals surface area contributed by atoms with Crippen LogP contribution in [0.2, 0.25) is 0 Å². The van der Waals surface area contributed by atoms with Gasteiger partial charge in [0.05, 0.1) is 0 Å². The van der Waals surface area contributed by atoms with Gasteiger partial charge in [0.2, 0.25) is 0 Å². The van der Waals surface area contributed by atoms with Crippen molar-refractivity contribution >= 4 is 5.69 Å². The number of rotatable bonds is 1. The van der Waals surface area contributed by atoms with Crippen molar-refractivity contribution in [3.8, 4) is 0 Å². The van der Waals surface area contributed by atoms with E-state index >= 15 is 0 Å². The summed E-state index contributed by atoms with van der Waals surface area (Å²) in [5, 5.41) is 2.97. The monoisotopic (exact) mass is 159 g/mol. The number of hydrogen-bond donors (Lipinski definition) is 0. The van der Waals surface area contributed by atoms with Gasteiger partial charge in [0.1, 0.15) is 0 Å². The number of hydrogen-bond acceptors (Lipinski definition) is 1. The van der Waals surface area contributed by atoms with Crippen molar-refractivity contribution in [2.24, 2.45) is 5.11 Å². The molecule has 0 atom stereocenters. The van der Waals surface area contributed by atoms with Crippen LogP contribution in [0.1, 0.15) is 0 Å². The van der Waals surface area contributed by atoms with Crippen LogP contribution in [0.5, 0.6) is 0 Å². The Morgan fingerprint density at radius 2 is 1.60 bits per heavy atom. The maximum Gasteiger partial charge on any atom is 1.00 e. The van der Waals surface area contributed by atoms with Crippen LogP contribution in [-0.4, -0.2) is 0 Å². The summed E-state index contributed by atoms with van der Waals surface area (Å²) in [6, 6.07) is 8.94. The van der Waals surface area contributed by atoms with Crippen molar-refractivity contribution in [3.05, 3.63) is 43.3 Å². The molecule has 3 heteroatoms. The Bertz CT molecular complexity index is 174. The van der Waals surface area contributed by atoms with Crippen LogP contribution in [0.3, 0.4) is 0 Å². The molecule has 1 rings (SSSR count). The summed E-state index contributed by atoms with van der Waals surface area (Å²) in [6.45, 7) is 0. The van der Waals surface area contributed by atoms with E-state index in [9.17, 15) is 0 Å². The van der Waals surface area contributed by atoms with Gasteiger partial charge in [-0.05, 0) is 12.1 Å². The van der Waals surface area contributed by atoms with Crippen LogP contribution < -0.4 is 51.4 Å². The van der Waals surface area contributed by atoms with Crippen molar-refractivity contribution in [1.82, 2.24) is 0 Å². The van der Waals surface area contributed by atoms with Gasteiger partial charge in [-0.25, -0.2) is 0 Å². The molecule has 2 nitrogen and oxygen atoms in total. The molecule has 0 spiro atoms. The molecule has 0 saturated heterocycles. The van der Waals surface area contributed by atoms with Crippen LogP contribution in [0.25, 0.3) is 5.53 Å². The predicted molar refractivity (Wildman–Crippen MR) is 38.3 cm³/mol. The van der Waals surface area contributed by atoms with E-state index in [4.69, 9.17) is 5.53 Å². The van der Waals surface area contributed by atoms with Gasteiger partial charge in [-0.15, -0.1) is 0 Å². The maximum absolute atomic E-state index is 8.16. The zero-order valence-corrected chi connectivity index (χ0v) is 9.40. The minimum Gasteiger partial charge on any atom is -0.706 e. The minimum absolute atomic E-state index is 0. The van der Waals surface area contributed by atoms with Gasteiger partial charge < -0.3 is 18.1 Å². The van der Waals surface area contributed by atoms with Crippen molar-refractivity contribution in [3.63, 3.8) is 0 Å². The molecule has 0 radical (unpaired) electrons. The van der Waals surface area contributed by atoms with E-state index in [1.807, 2.05) is 18.2 Å². The number of nitrogens with zero attached hydrogens (tertiary/aromatic N) is 2. The molecular weight excluding hydrogens is 151 g/mol. The second-order valence-corrected chi connectivity index (χ2v) is 1.44. The van der Waals surface area contributed by atoms with Crippen molar-refractivity contribution in [2.75, 3.05) is 0 Å².